The fourth-order valence-corrected chi connectivity index (χ4v) is 4.15. The molecule has 21 heavy (non-hydrogen) atoms. The minimum atomic E-state index is -2.84. The molecule has 0 aromatic carbocycles. The largest absolute Gasteiger partial charge is 0.312 e. The molecule has 1 aliphatic rings. The van der Waals surface area contributed by atoms with E-state index in [0.29, 0.717) is 6.54 Å². The highest BCUT2D eigenvalue weighted by Crippen LogP contribution is 2.08. The van der Waals surface area contributed by atoms with Crippen LogP contribution in [0.15, 0.2) is 18.2 Å². The molecule has 5 nitrogen and oxygen atoms in total. The van der Waals surface area contributed by atoms with Crippen molar-refractivity contribution in [2.24, 2.45) is 0 Å². The van der Waals surface area contributed by atoms with Crippen LogP contribution >= 0.6 is 0 Å². The molecule has 1 unspecified atom stereocenters. The number of pyridine rings is 1. The fraction of sp³-hybridized carbons (Fsp3) is 0.667. The van der Waals surface area contributed by atoms with Gasteiger partial charge in [-0.2, -0.15) is 0 Å². The summed E-state index contributed by atoms with van der Waals surface area (Å²) in [5.41, 5.74) is 2.10. The van der Waals surface area contributed by atoms with E-state index in [0.717, 1.165) is 37.4 Å². The first kappa shape index (κ1) is 16.4. The lowest BCUT2D eigenvalue weighted by Gasteiger charge is -2.27. The second kappa shape index (κ2) is 7.33. The summed E-state index contributed by atoms with van der Waals surface area (Å²) in [5.74, 6) is 0.543. The van der Waals surface area contributed by atoms with Crippen LogP contribution < -0.4 is 5.32 Å². The Labute approximate surface area is 127 Å². The van der Waals surface area contributed by atoms with Gasteiger partial charge in [-0.05, 0) is 32.0 Å². The number of rotatable bonds is 6. The lowest BCUT2D eigenvalue weighted by atomic mass is 10.2. The van der Waals surface area contributed by atoms with E-state index in [4.69, 9.17) is 0 Å². The zero-order chi connectivity index (χ0) is 15.3. The molecule has 1 aromatic rings. The minimum absolute atomic E-state index is 0.0864. The molecular weight excluding hydrogens is 286 g/mol. The van der Waals surface area contributed by atoms with E-state index < -0.39 is 9.84 Å². The highest BCUT2D eigenvalue weighted by Gasteiger charge is 2.24. The smallest absolute Gasteiger partial charge is 0.153 e. The van der Waals surface area contributed by atoms with E-state index in [1.54, 1.807) is 0 Å². The Morgan fingerprint density at radius 2 is 2.24 bits per heavy atom. The number of nitrogens with one attached hydrogen (secondary N) is 1. The summed E-state index contributed by atoms with van der Waals surface area (Å²) < 4.78 is 23.3. The normalized spacial score (nSPS) is 21.6. The lowest BCUT2D eigenvalue weighted by Crippen LogP contribution is -2.46. The summed E-state index contributed by atoms with van der Waals surface area (Å²) in [6, 6.07) is 6.15. The fourth-order valence-electron chi connectivity index (χ4n) is 2.66. The van der Waals surface area contributed by atoms with Gasteiger partial charge in [0.15, 0.2) is 9.84 Å². The first-order valence-electron chi connectivity index (χ1n) is 7.57. The second-order valence-corrected chi connectivity index (χ2v) is 7.92. The summed E-state index contributed by atoms with van der Waals surface area (Å²) >= 11 is 0. The molecular formula is C15H25N3O2S. The SMILES string of the molecule is CCN(CCC1CS(=O)(=O)CCN1)Cc1cccc(C)n1. The molecule has 1 N–H and O–H groups in total. The van der Waals surface area contributed by atoms with Crippen molar-refractivity contribution < 1.29 is 8.42 Å². The maximum atomic E-state index is 11.6. The number of aromatic nitrogens is 1. The highest BCUT2D eigenvalue weighted by atomic mass is 32.2. The molecule has 0 amide bonds. The number of hydrogen-bond donors (Lipinski definition) is 1. The first-order chi connectivity index (χ1) is 9.98. The zero-order valence-corrected chi connectivity index (χ0v) is 13.7. The van der Waals surface area contributed by atoms with Crippen LogP contribution in [0.2, 0.25) is 0 Å². The van der Waals surface area contributed by atoms with Gasteiger partial charge in [0.25, 0.3) is 0 Å². The van der Waals surface area contributed by atoms with Crippen molar-refractivity contribution in [3.8, 4) is 0 Å². The predicted octanol–water partition coefficient (Wildman–Crippen LogP) is 0.989. The van der Waals surface area contributed by atoms with E-state index >= 15 is 0 Å². The summed E-state index contributed by atoms with van der Waals surface area (Å²) in [4.78, 5) is 6.84. The number of aryl methyl sites for hydroxylation is 1. The Bertz CT molecular complexity index is 560. The van der Waals surface area contributed by atoms with Gasteiger partial charge in [0.1, 0.15) is 0 Å². The highest BCUT2D eigenvalue weighted by molar-refractivity contribution is 7.91. The molecule has 0 radical (unpaired) electrons. The molecule has 2 heterocycles. The van der Waals surface area contributed by atoms with Crippen molar-refractivity contribution in [1.29, 1.82) is 0 Å². The Hall–Kier alpha value is -0.980. The van der Waals surface area contributed by atoms with Crippen molar-refractivity contribution in [1.82, 2.24) is 15.2 Å². The van der Waals surface area contributed by atoms with Gasteiger partial charge < -0.3 is 5.32 Å². The van der Waals surface area contributed by atoms with E-state index in [-0.39, 0.29) is 17.5 Å². The van der Waals surface area contributed by atoms with E-state index in [9.17, 15) is 8.42 Å². The number of nitrogens with zero attached hydrogens (tertiary/aromatic N) is 2. The predicted molar refractivity (Wildman–Crippen MR) is 85.0 cm³/mol. The van der Waals surface area contributed by atoms with Crippen molar-refractivity contribution >= 4 is 9.84 Å². The average molecular weight is 311 g/mol. The van der Waals surface area contributed by atoms with E-state index in [1.807, 2.05) is 25.1 Å². The second-order valence-electron chi connectivity index (χ2n) is 5.69. The van der Waals surface area contributed by atoms with Crippen LogP contribution in [-0.2, 0) is 16.4 Å². The van der Waals surface area contributed by atoms with Crippen molar-refractivity contribution in [3.63, 3.8) is 0 Å². The monoisotopic (exact) mass is 311 g/mol. The number of sulfone groups is 1. The molecule has 2 rings (SSSR count). The quantitative estimate of drug-likeness (QED) is 0.849. The lowest BCUT2D eigenvalue weighted by molar-refractivity contribution is 0.260. The van der Waals surface area contributed by atoms with Gasteiger partial charge >= 0.3 is 0 Å². The molecule has 1 atom stereocenters. The molecule has 1 fully saturated rings. The van der Waals surface area contributed by atoms with Gasteiger partial charge in [-0.1, -0.05) is 13.0 Å². The third-order valence-corrected chi connectivity index (χ3v) is 5.61. The first-order valence-corrected chi connectivity index (χ1v) is 9.39. The van der Waals surface area contributed by atoms with Crippen LogP contribution in [0.1, 0.15) is 24.7 Å². The van der Waals surface area contributed by atoms with Crippen LogP contribution in [0.4, 0.5) is 0 Å². The van der Waals surface area contributed by atoms with Crippen LogP contribution in [0, 0.1) is 6.92 Å². The standard InChI is InChI=1S/C15H25N3O2S/c1-3-18(11-14-6-4-5-13(2)17-14)9-7-15-12-21(19,20)10-8-16-15/h4-6,15-16H,3,7-12H2,1-2H3. The van der Waals surface area contributed by atoms with Gasteiger partial charge in [0.05, 0.1) is 17.2 Å². The summed E-state index contributed by atoms with van der Waals surface area (Å²) in [5, 5.41) is 3.31. The molecule has 118 valence electrons. The molecule has 0 spiro atoms. The maximum absolute atomic E-state index is 11.6. The molecule has 1 saturated heterocycles. The van der Waals surface area contributed by atoms with Crippen LogP contribution in [0.25, 0.3) is 0 Å². The third kappa shape index (κ3) is 5.37. The van der Waals surface area contributed by atoms with Crippen molar-refractivity contribution in [2.45, 2.75) is 32.9 Å². The molecule has 0 aliphatic carbocycles. The van der Waals surface area contributed by atoms with E-state index in [1.165, 1.54) is 0 Å². The molecule has 6 heteroatoms. The summed E-state index contributed by atoms with van der Waals surface area (Å²) in [6.07, 6.45) is 0.860. The minimum Gasteiger partial charge on any atom is -0.312 e. The van der Waals surface area contributed by atoms with Crippen LogP contribution in [-0.4, -0.2) is 55.5 Å². The molecule has 0 bridgehead atoms. The topological polar surface area (TPSA) is 62.3 Å². The molecule has 1 aromatic heterocycles. The van der Waals surface area contributed by atoms with Gasteiger partial charge in [0.2, 0.25) is 0 Å². The third-order valence-electron chi connectivity index (χ3n) is 3.87. The van der Waals surface area contributed by atoms with Gasteiger partial charge in [0, 0.05) is 31.4 Å². The van der Waals surface area contributed by atoms with Gasteiger partial charge in [-0.15, -0.1) is 0 Å². The van der Waals surface area contributed by atoms with Gasteiger partial charge in [-0.3, -0.25) is 9.88 Å². The Balaban J connectivity index is 1.85. The van der Waals surface area contributed by atoms with Crippen molar-refractivity contribution in [2.75, 3.05) is 31.1 Å². The van der Waals surface area contributed by atoms with Crippen molar-refractivity contribution in [3.05, 3.63) is 29.6 Å². The Morgan fingerprint density at radius 3 is 2.90 bits per heavy atom. The summed E-state index contributed by atoms with van der Waals surface area (Å²) in [6.45, 7) is 7.35. The van der Waals surface area contributed by atoms with E-state index in [2.05, 4.69) is 22.1 Å². The van der Waals surface area contributed by atoms with Crippen LogP contribution in [0.3, 0.4) is 0 Å². The zero-order valence-electron chi connectivity index (χ0n) is 12.9. The Morgan fingerprint density at radius 1 is 1.43 bits per heavy atom. The molecule has 1 aliphatic heterocycles. The van der Waals surface area contributed by atoms with Gasteiger partial charge in [-0.25, -0.2) is 8.42 Å². The Kier molecular flexibility index (Phi) is 5.72. The summed E-state index contributed by atoms with van der Waals surface area (Å²) in [7, 11) is -2.84. The maximum Gasteiger partial charge on any atom is 0.153 e. The average Bonchev–Trinajstić information content (AvgIpc) is 2.42. The molecule has 0 saturated carbocycles. The van der Waals surface area contributed by atoms with Crippen LogP contribution in [0.5, 0.6) is 0 Å². The number of hydrogen-bond acceptors (Lipinski definition) is 5.